The monoisotopic (exact) mass is 473 g/mol. The Balaban J connectivity index is 0.00000243. The highest BCUT2D eigenvalue weighted by Gasteiger charge is 2.36. The second-order valence-electron chi connectivity index (χ2n) is 7.44. The van der Waals surface area contributed by atoms with Crippen LogP contribution in [0.5, 0.6) is 0 Å². The van der Waals surface area contributed by atoms with E-state index in [0.29, 0.717) is 19.6 Å². The number of amides is 1. The lowest BCUT2D eigenvalue weighted by Crippen LogP contribution is -2.57. The minimum atomic E-state index is -0.460. The van der Waals surface area contributed by atoms with Gasteiger partial charge >= 0.3 is 6.09 Å². The topological polar surface area (TPSA) is 70.1 Å². The van der Waals surface area contributed by atoms with Gasteiger partial charge in [0, 0.05) is 44.5 Å². The molecule has 1 aromatic heterocycles. The molecule has 1 saturated heterocycles. The Bertz CT molecular complexity index is 632. The summed E-state index contributed by atoms with van der Waals surface area (Å²) in [6, 6.07) is 6.19. The normalized spacial score (nSPS) is 19.3. The number of fused-ring (bicyclic) bond motifs is 1. The minimum Gasteiger partial charge on any atom is -0.444 e. The van der Waals surface area contributed by atoms with Crippen LogP contribution < -0.4 is 5.32 Å². The molecule has 7 nitrogen and oxygen atoms in total. The molecule has 144 valence electrons. The van der Waals surface area contributed by atoms with Gasteiger partial charge in [0.05, 0.1) is 12.6 Å². The van der Waals surface area contributed by atoms with Gasteiger partial charge in [0.25, 0.3) is 0 Å². The van der Waals surface area contributed by atoms with Crippen LogP contribution >= 0.6 is 24.0 Å². The van der Waals surface area contributed by atoms with Gasteiger partial charge in [0.2, 0.25) is 0 Å². The number of carbonyl (C=O) groups is 1. The van der Waals surface area contributed by atoms with Crippen molar-refractivity contribution in [2.75, 3.05) is 32.7 Å². The summed E-state index contributed by atoms with van der Waals surface area (Å²) >= 11 is 0. The number of guanidine groups is 1. The molecular weight excluding hydrogens is 445 g/mol. The fourth-order valence-electron chi connectivity index (χ4n) is 3.07. The molecule has 2 aliphatic rings. The van der Waals surface area contributed by atoms with E-state index in [1.165, 1.54) is 0 Å². The highest BCUT2D eigenvalue weighted by atomic mass is 127. The lowest BCUT2D eigenvalue weighted by Gasteiger charge is -2.39. The van der Waals surface area contributed by atoms with Gasteiger partial charge < -0.3 is 19.9 Å². The molecule has 1 fully saturated rings. The average Bonchev–Trinajstić information content (AvgIpc) is 2.97. The highest BCUT2D eigenvalue weighted by molar-refractivity contribution is 14.0. The Labute approximate surface area is 172 Å². The Morgan fingerprint density at radius 1 is 1.35 bits per heavy atom. The summed E-state index contributed by atoms with van der Waals surface area (Å²) < 4.78 is 5.47. The fourth-order valence-corrected chi connectivity index (χ4v) is 3.07. The van der Waals surface area contributed by atoms with Gasteiger partial charge in [-0.1, -0.05) is 6.07 Å². The number of nitrogens with one attached hydrogen (secondary N) is 1. The molecule has 1 atom stereocenters. The van der Waals surface area contributed by atoms with E-state index in [0.717, 1.165) is 31.2 Å². The number of carbonyl (C=O) groups excluding carboxylic acids is 1. The van der Waals surface area contributed by atoms with Crippen LogP contribution in [0.1, 0.15) is 26.5 Å². The quantitative estimate of drug-likeness (QED) is 0.682. The Hall–Kier alpha value is -1.58. The van der Waals surface area contributed by atoms with Crippen LogP contribution in [0.4, 0.5) is 4.79 Å². The maximum absolute atomic E-state index is 12.2. The van der Waals surface area contributed by atoms with E-state index in [4.69, 9.17) is 4.74 Å². The Morgan fingerprint density at radius 2 is 2.15 bits per heavy atom. The number of hydrogen-bond acceptors (Lipinski definition) is 6. The lowest BCUT2D eigenvalue weighted by atomic mass is 10.2. The van der Waals surface area contributed by atoms with Crippen molar-refractivity contribution >= 4 is 36.0 Å². The first-order valence-electron chi connectivity index (χ1n) is 8.85. The molecule has 1 unspecified atom stereocenters. The zero-order chi connectivity index (χ0) is 17.9. The van der Waals surface area contributed by atoms with E-state index in [9.17, 15) is 4.79 Å². The summed E-state index contributed by atoms with van der Waals surface area (Å²) in [5, 5.41) is 3.41. The summed E-state index contributed by atoms with van der Waals surface area (Å²) in [6.07, 6.45) is 2.44. The van der Waals surface area contributed by atoms with Crippen LogP contribution in [0.25, 0.3) is 0 Å². The van der Waals surface area contributed by atoms with Crippen molar-refractivity contribution in [2.24, 2.45) is 4.99 Å². The number of halogens is 1. The zero-order valence-corrected chi connectivity index (χ0v) is 18.0. The minimum absolute atomic E-state index is 0. The Morgan fingerprint density at radius 3 is 2.85 bits per heavy atom. The molecule has 26 heavy (non-hydrogen) atoms. The number of nitrogens with zero attached hydrogens (tertiary/aromatic N) is 4. The standard InChI is InChI=1S/C18H27N5O2.HI/c1-18(2,3)25-17(24)22-10-11-23-15(13-22)12-21-16(23)20-9-7-14-6-4-5-8-19-14;/h4-6,8,15H,7,9-13H2,1-3H3,(H,20,21);1H. The van der Waals surface area contributed by atoms with Crippen molar-refractivity contribution in [2.45, 2.75) is 38.8 Å². The predicted octanol–water partition coefficient (Wildman–Crippen LogP) is 2.12. The molecule has 3 rings (SSSR count). The summed E-state index contributed by atoms with van der Waals surface area (Å²) in [5.74, 6) is 0.935. The van der Waals surface area contributed by atoms with Gasteiger partial charge in [-0.25, -0.2) is 4.79 Å². The third kappa shape index (κ3) is 5.46. The van der Waals surface area contributed by atoms with Crippen molar-refractivity contribution in [1.29, 1.82) is 0 Å². The van der Waals surface area contributed by atoms with Crippen molar-refractivity contribution in [3.05, 3.63) is 30.1 Å². The van der Waals surface area contributed by atoms with Gasteiger partial charge in [-0.3, -0.25) is 9.98 Å². The molecule has 8 heteroatoms. The number of rotatable bonds is 3. The number of pyridine rings is 1. The van der Waals surface area contributed by atoms with Crippen molar-refractivity contribution in [3.8, 4) is 0 Å². The maximum atomic E-state index is 12.2. The number of piperazine rings is 1. The smallest absolute Gasteiger partial charge is 0.410 e. The number of ether oxygens (including phenoxy) is 1. The average molecular weight is 473 g/mol. The van der Waals surface area contributed by atoms with E-state index in [2.05, 4.69) is 20.2 Å². The first-order valence-corrected chi connectivity index (χ1v) is 8.85. The molecule has 0 saturated carbocycles. The highest BCUT2D eigenvalue weighted by Crippen LogP contribution is 2.18. The van der Waals surface area contributed by atoms with Gasteiger partial charge in [-0.15, -0.1) is 24.0 Å². The van der Waals surface area contributed by atoms with Crippen LogP contribution in [0.15, 0.2) is 29.4 Å². The Kier molecular flexibility index (Phi) is 7.08. The van der Waals surface area contributed by atoms with Crippen molar-refractivity contribution in [3.63, 3.8) is 0 Å². The first kappa shape index (κ1) is 20.7. The van der Waals surface area contributed by atoms with Crippen LogP contribution in [0.3, 0.4) is 0 Å². The van der Waals surface area contributed by atoms with Crippen LogP contribution in [-0.4, -0.2) is 71.2 Å². The van der Waals surface area contributed by atoms with E-state index >= 15 is 0 Å². The third-order valence-electron chi connectivity index (χ3n) is 4.25. The van der Waals surface area contributed by atoms with Gasteiger partial charge in [-0.05, 0) is 32.9 Å². The van der Waals surface area contributed by atoms with Gasteiger partial charge in [-0.2, -0.15) is 0 Å². The van der Waals surface area contributed by atoms with Crippen LogP contribution in [0, 0.1) is 0 Å². The van der Waals surface area contributed by atoms with Crippen LogP contribution in [-0.2, 0) is 11.2 Å². The van der Waals surface area contributed by atoms with Gasteiger partial charge in [0.15, 0.2) is 5.96 Å². The molecule has 0 aliphatic carbocycles. The summed E-state index contributed by atoms with van der Waals surface area (Å²) in [6.45, 7) is 9.28. The number of aromatic nitrogens is 1. The van der Waals surface area contributed by atoms with E-state index in [1.54, 1.807) is 4.90 Å². The van der Waals surface area contributed by atoms with E-state index < -0.39 is 5.60 Å². The molecule has 0 bridgehead atoms. The SMILES string of the molecule is CC(C)(C)OC(=O)N1CCN2C(NCCc3ccccn3)=NCC2C1.I. The number of hydrogen-bond donors (Lipinski definition) is 1. The molecule has 0 radical (unpaired) electrons. The molecule has 3 heterocycles. The van der Waals surface area contributed by atoms with Crippen molar-refractivity contribution < 1.29 is 9.53 Å². The second-order valence-corrected chi connectivity index (χ2v) is 7.44. The zero-order valence-electron chi connectivity index (χ0n) is 15.6. The van der Waals surface area contributed by atoms with Crippen LogP contribution in [0.2, 0.25) is 0 Å². The first-order chi connectivity index (χ1) is 11.9. The van der Waals surface area contributed by atoms with E-state index in [1.807, 2.05) is 45.2 Å². The molecule has 1 N–H and O–H groups in total. The molecular formula is C18H28IN5O2. The fraction of sp³-hybridized carbons (Fsp3) is 0.611. The second kappa shape index (κ2) is 8.88. The molecule has 0 spiro atoms. The van der Waals surface area contributed by atoms with Gasteiger partial charge in [0.1, 0.15) is 5.60 Å². The number of aliphatic imine (C=N–C) groups is 1. The van der Waals surface area contributed by atoms with Crippen molar-refractivity contribution in [1.82, 2.24) is 20.1 Å². The predicted molar refractivity (Wildman–Crippen MR) is 112 cm³/mol. The third-order valence-corrected chi connectivity index (χ3v) is 4.25. The summed E-state index contributed by atoms with van der Waals surface area (Å²) in [4.78, 5) is 25.2. The largest absolute Gasteiger partial charge is 0.444 e. The molecule has 2 aliphatic heterocycles. The molecule has 0 aromatic carbocycles. The molecule has 1 amide bonds. The maximum Gasteiger partial charge on any atom is 0.410 e. The lowest BCUT2D eigenvalue weighted by molar-refractivity contribution is 0.0137. The molecule has 1 aromatic rings. The van der Waals surface area contributed by atoms with E-state index in [-0.39, 0.29) is 36.1 Å². The summed E-state index contributed by atoms with van der Waals surface area (Å²) in [7, 11) is 0. The summed E-state index contributed by atoms with van der Waals surface area (Å²) in [5.41, 5.74) is 0.610.